The average molecular weight is 452 g/mol. The number of hydrogen-bond donors (Lipinski definition) is 2. The molecule has 3 rings (SSSR count). The monoisotopic (exact) mass is 452 g/mol. The third-order valence-electron chi connectivity index (χ3n) is 5.08. The fourth-order valence-electron chi connectivity index (χ4n) is 3.09. The van der Waals surface area contributed by atoms with Crippen LogP contribution in [0.25, 0.3) is 0 Å². The second-order valence-electron chi connectivity index (χ2n) is 7.40. The summed E-state index contributed by atoms with van der Waals surface area (Å²) in [6.45, 7) is 3.69. The van der Waals surface area contributed by atoms with Crippen molar-refractivity contribution < 1.29 is 26.8 Å². The molecule has 166 valence electrons. The van der Waals surface area contributed by atoms with E-state index in [1.165, 1.54) is 24.5 Å². The van der Waals surface area contributed by atoms with Gasteiger partial charge in [0.25, 0.3) is 0 Å². The number of sulfone groups is 1. The lowest BCUT2D eigenvalue weighted by atomic mass is 10.1. The van der Waals surface area contributed by atoms with E-state index in [1.807, 2.05) is 0 Å². The maximum atomic E-state index is 13.1. The summed E-state index contributed by atoms with van der Waals surface area (Å²) in [5.41, 5.74) is 0.212. The lowest BCUT2D eigenvalue weighted by molar-refractivity contribution is -0.116. The van der Waals surface area contributed by atoms with Gasteiger partial charge in [0, 0.05) is 31.3 Å². The van der Waals surface area contributed by atoms with E-state index < -0.39 is 20.5 Å². The molecule has 2 heterocycles. The molecule has 0 spiro atoms. The van der Waals surface area contributed by atoms with Crippen molar-refractivity contribution in [1.29, 1.82) is 0 Å². The Morgan fingerprint density at radius 1 is 1.29 bits per heavy atom. The second-order valence-corrected chi connectivity index (χ2v) is 9.28. The molecular weight excluding hydrogens is 430 g/mol. The lowest BCUT2D eigenvalue weighted by Gasteiger charge is -2.15. The molecule has 1 fully saturated rings. The number of alkyl halides is 2. The Bertz CT molecular complexity index is 1110. The van der Waals surface area contributed by atoms with Crippen LogP contribution in [-0.4, -0.2) is 35.8 Å². The highest BCUT2D eigenvalue weighted by Crippen LogP contribution is 2.40. The van der Waals surface area contributed by atoms with Crippen molar-refractivity contribution in [3.05, 3.63) is 36.2 Å². The van der Waals surface area contributed by atoms with Crippen LogP contribution >= 0.6 is 0 Å². The first-order chi connectivity index (χ1) is 14.6. The van der Waals surface area contributed by atoms with Crippen LogP contribution in [0.3, 0.4) is 0 Å². The fraction of sp³-hybridized carbons (Fsp3) is 0.400. The molecule has 1 aliphatic rings. The van der Waals surface area contributed by atoms with Gasteiger partial charge in [-0.1, -0.05) is 13.8 Å². The van der Waals surface area contributed by atoms with Gasteiger partial charge in [0.15, 0.2) is 5.78 Å². The Morgan fingerprint density at radius 2 is 2.00 bits per heavy atom. The van der Waals surface area contributed by atoms with Gasteiger partial charge in [0.05, 0.1) is 11.3 Å². The standard InChI is InChI=1S/C20H22F2N4O4S/c1-3-15(27)13-10-24-17(26-18(28)8-12-7-11(12)2)9-14(13)25-19-16(5-4-6-23-19)31(29,30)20(21)22/h4-6,9-12,20H,3,7-8H2,1-2H3,(H2,23,24,25,26,28). The number of carbonyl (C=O) groups is 2. The van der Waals surface area contributed by atoms with Gasteiger partial charge in [-0.25, -0.2) is 18.4 Å². The van der Waals surface area contributed by atoms with E-state index in [-0.39, 0.29) is 41.0 Å². The van der Waals surface area contributed by atoms with Gasteiger partial charge in [-0.15, -0.1) is 0 Å². The molecule has 1 aliphatic carbocycles. The van der Waals surface area contributed by atoms with Crippen molar-refractivity contribution in [3.8, 4) is 0 Å². The van der Waals surface area contributed by atoms with E-state index in [2.05, 4.69) is 27.5 Å². The molecule has 0 aromatic carbocycles. The number of rotatable bonds is 9. The molecule has 1 amide bonds. The molecule has 2 aromatic heterocycles. The van der Waals surface area contributed by atoms with Crippen LogP contribution in [0.2, 0.25) is 0 Å². The topological polar surface area (TPSA) is 118 Å². The molecule has 0 radical (unpaired) electrons. The summed E-state index contributed by atoms with van der Waals surface area (Å²) in [6.07, 6.45) is 3.94. The minimum Gasteiger partial charge on any atom is -0.338 e. The van der Waals surface area contributed by atoms with E-state index in [0.717, 1.165) is 12.5 Å². The summed E-state index contributed by atoms with van der Waals surface area (Å²) in [5.74, 6) is -3.57. The summed E-state index contributed by atoms with van der Waals surface area (Å²) >= 11 is 0. The zero-order valence-corrected chi connectivity index (χ0v) is 17.7. The number of carbonyl (C=O) groups excluding carboxylic acids is 2. The number of hydrogen-bond acceptors (Lipinski definition) is 7. The van der Waals surface area contributed by atoms with Crippen LogP contribution in [0.4, 0.5) is 26.1 Å². The van der Waals surface area contributed by atoms with Gasteiger partial charge in [0.2, 0.25) is 15.7 Å². The van der Waals surface area contributed by atoms with Gasteiger partial charge in [0.1, 0.15) is 16.5 Å². The Labute approximate surface area is 178 Å². The number of halogens is 2. The molecule has 31 heavy (non-hydrogen) atoms. The second kappa shape index (κ2) is 9.04. The van der Waals surface area contributed by atoms with Crippen LogP contribution in [-0.2, 0) is 14.6 Å². The predicted molar refractivity (Wildman–Crippen MR) is 110 cm³/mol. The first-order valence-electron chi connectivity index (χ1n) is 9.70. The zero-order valence-electron chi connectivity index (χ0n) is 16.9. The van der Waals surface area contributed by atoms with Crippen molar-refractivity contribution >= 4 is 38.9 Å². The van der Waals surface area contributed by atoms with Gasteiger partial charge >= 0.3 is 5.76 Å². The molecule has 0 saturated heterocycles. The molecular formula is C20H22F2N4O4S. The van der Waals surface area contributed by atoms with Crippen LogP contribution < -0.4 is 10.6 Å². The molecule has 11 heteroatoms. The summed E-state index contributed by atoms with van der Waals surface area (Å²) in [7, 11) is -4.94. The maximum Gasteiger partial charge on any atom is 0.341 e. The van der Waals surface area contributed by atoms with Gasteiger partial charge in [-0.05, 0) is 30.4 Å². The number of nitrogens with one attached hydrogen (secondary N) is 2. The Kier molecular flexibility index (Phi) is 6.63. The third kappa shape index (κ3) is 5.22. The molecule has 8 nitrogen and oxygen atoms in total. The van der Waals surface area contributed by atoms with Crippen molar-refractivity contribution in [2.24, 2.45) is 11.8 Å². The van der Waals surface area contributed by atoms with E-state index in [9.17, 15) is 26.8 Å². The van der Waals surface area contributed by atoms with Crippen molar-refractivity contribution in [2.45, 2.75) is 43.8 Å². The fourth-order valence-corrected chi connectivity index (χ4v) is 3.93. The highest BCUT2D eigenvalue weighted by atomic mass is 32.2. The number of anilines is 3. The minimum absolute atomic E-state index is 0.0985. The molecule has 2 unspecified atom stereocenters. The zero-order chi connectivity index (χ0) is 22.8. The number of Topliss-reactive ketones (excluding diaryl/α,β-unsaturated/α-hetero) is 1. The predicted octanol–water partition coefficient (Wildman–Crippen LogP) is 3.79. The quantitative estimate of drug-likeness (QED) is 0.556. The molecule has 2 aromatic rings. The summed E-state index contributed by atoms with van der Waals surface area (Å²) in [4.78, 5) is 31.7. The summed E-state index contributed by atoms with van der Waals surface area (Å²) < 4.78 is 50.1. The highest BCUT2D eigenvalue weighted by Gasteiger charge is 2.34. The van der Waals surface area contributed by atoms with Gasteiger partial charge in [-0.2, -0.15) is 8.78 Å². The van der Waals surface area contributed by atoms with E-state index in [0.29, 0.717) is 18.3 Å². The molecule has 1 saturated carbocycles. The lowest BCUT2D eigenvalue weighted by Crippen LogP contribution is -2.16. The largest absolute Gasteiger partial charge is 0.341 e. The maximum absolute atomic E-state index is 13.1. The van der Waals surface area contributed by atoms with Crippen molar-refractivity contribution in [3.63, 3.8) is 0 Å². The number of aromatic nitrogens is 2. The first kappa shape index (κ1) is 22.7. The molecule has 2 atom stereocenters. The average Bonchev–Trinajstić information content (AvgIpc) is 3.41. The van der Waals surface area contributed by atoms with Crippen LogP contribution in [0.15, 0.2) is 35.5 Å². The SMILES string of the molecule is CCC(=O)c1cnc(NC(=O)CC2CC2C)cc1Nc1ncccc1S(=O)(=O)C(F)F. The van der Waals surface area contributed by atoms with E-state index in [1.54, 1.807) is 6.92 Å². The van der Waals surface area contributed by atoms with E-state index >= 15 is 0 Å². The van der Waals surface area contributed by atoms with Gasteiger partial charge < -0.3 is 10.6 Å². The molecule has 2 N–H and O–H groups in total. The Morgan fingerprint density at radius 3 is 2.61 bits per heavy atom. The van der Waals surface area contributed by atoms with Crippen molar-refractivity contribution in [2.75, 3.05) is 10.6 Å². The Balaban J connectivity index is 1.94. The molecule has 0 bridgehead atoms. The van der Waals surface area contributed by atoms with Gasteiger partial charge in [-0.3, -0.25) is 9.59 Å². The molecule has 0 aliphatic heterocycles. The smallest absolute Gasteiger partial charge is 0.338 e. The van der Waals surface area contributed by atoms with Crippen LogP contribution in [0, 0.1) is 11.8 Å². The van der Waals surface area contributed by atoms with Crippen LogP contribution in [0.5, 0.6) is 0 Å². The number of pyridine rings is 2. The Hall–Kier alpha value is -2.95. The number of ketones is 1. The summed E-state index contributed by atoms with van der Waals surface area (Å²) in [5, 5.41) is 5.30. The number of amides is 1. The highest BCUT2D eigenvalue weighted by molar-refractivity contribution is 7.91. The first-order valence-corrected chi connectivity index (χ1v) is 11.2. The van der Waals surface area contributed by atoms with E-state index in [4.69, 9.17) is 0 Å². The minimum atomic E-state index is -4.94. The van der Waals surface area contributed by atoms with Crippen LogP contribution in [0.1, 0.15) is 43.5 Å². The summed E-state index contributed by atoms with van der Waals surface area (Å²) in [6, 6.07) is 3.57. The van der Waals surface area contributed by atoms with Crippen molar-refractivity contribution in [1.82, 2.24) is 9.97 Å². The third-order valence-corrected chi connectivity index (χ3v) is 6.49. The normalized spacial score (nSPS) is 18.0. The number of nitrogens with zero attached hydrogens (tertiary/aromatic N) is 2.